The van der Waals surface area contributed by atoms with E-state index in [4.69, 9.17) is 9.47 Å². The third-order valence-corrected chi connectivity index (χ3v) is 3.67. The Balaban J connectivity index is 1.44. The van der Waals surface area contributed by atoms with Crippen molar-refractivity contribution in [2.24, 2.45) is 0 Å². The number of hydrogen-bond acceptors (Lipinski definition) is 5. The summed E-state index contributed by atoms with van der Waals surface area (Å²) in [4.78, 5) is 16.1. The second-order valence-electron chi connectivity index (χ2n) is 5.66. The van der Waals surface area contributed by atoms with E-state index in [1.807, 2.05) is 24.3 Å². The van der Waals surface area contributed by atoms with Gasteiger partial charge in [-0.25, -0.2) is 0 Å². The summed E-state index contributed by atoms with van der Waals surface area (Å²) in [5, 5.41) is 6.16. The molecule has 1 aromatic heterocycles. The van der Waals surface area contributed by atoms with E-state index < -0.39 is 0 Å². The molecule has 1 aromatic carbocycles. The van der Waals surface area contributed by atoms with Gasteiger partial charge < -0.3 is 20.1 Å². The number of ether oxygens (including phenoxy) is 2. The van der Waals surface area contributed by atoms with Crippen LogP contribution in [0.5, 0.6) is 11.5 Å². The van der Waals surface area contributed by atoms with Gasteiger partial charge in [0.2, 0.25) is 0 Å². The maximum Gasteiger partial charge on any atom is 0.253 e. The summed E-state index contributed by atoms with van der Waals surface area (Å²) in [7, 11) is 1.63. The number of methoxy groups -OCH3 is 1. The summed E-state index contributed by atoms with van der Waals surface area (Å²) in [5.41, 5.74) is 1.37. The van der Waals surface area contributed by atoms with Crippen molar-refractivity contribution in [1.29, 1.82) is 0 Å². The Kier molecular flexibility index (Phi) is 5.15. The highest BCUT2D eigenvalue weighted by Gasteiger charge is 2.23. The summed E-state index contributed by atoms with van der Waals surface area (Å²) in [6.45, 7) is 1.12. The molecule has 0 aliphatic heterocycles. The quantitative estimate of drug-likeness (QED) is 0.729. The standard InChI is InChI=1S/C18H21N3O3/c1-23-16-4-6-17(7-5-16)24-9-8-20-15-10-13(11-19-12-15)18(22)21-14-2-3-14/h4-7,10-12,14,20H,2-3,8-9H2,1H3,(H,21,22). The normalized spacial score (nSPS) is 13.2. The number of pyridine rings is 1. The molecule has 0 saturated heterocycles. The fourth-order valence-corrected chi connectivity index (χ4v) is 2.19. The van der Waals surface area contributed by atoms with E-state index in [1.54, 1.807) is 25.6 Å². The van der Waals surface area contributed by atoms with E-state index in [9.17, 15) is 4.79 Å². The van der Waals surface area contributed by atoms with Gasteiger partial charge in [0.1, 0.15) is 18.1 Å². The van der Waals surface area contributed by atoms with E-state index in [0.29, 0.717) is 24.8 Å². The smallest absolute Gasteiger partial charge is 0.253 e. The minimum Gasteiger partial charge on any atom is -0.497 e. The first-order chi connectivity index (χ1) is 11.7. The van der Waals surface area contributed by atoms with Crippen LogP contribution < -0.4 is 20.1 Å². The maximum atomic E-state index is 12.0. The Morgan fingerprint density at radius 1 is 1.21 bits per heavy atom. The van der Waals surface area contributed by atoms with Gasteiger partial charge in [-0.2, -0.15) is 0 Å². The van der Waals surface area contributed by atoms with E-state index >= 15 is 0 Å². The minimum absolute atomic E-state index is 0.0665. The van der Waals surface area contributed by atoms with Crippen LogP contribution in [0.2, 0.25) is 0 Å². The van der Waals surface area contributed by atoms with Gasteiger partial charge >= 0.3 is 0 Å². The number of carbonyl (C=O) groups is 1. The van der Waals surface area contributed by atoms with E-state index in [2.05, 4.69) is 15.6 Å². The summed E-state index contributed by atoms with van der Waals surface area (Å²) in [6.07, 6.45) is 5.41. The zero-order valence-electron chi connectivity index (χ0n) is 13.6. The lowest BCUT2D eigenvalue weighted by atomic mass is 10.2. The van der Waals surface area contributed by atoms with Gasteiger partial charge in [-0.1, -0.05) is 0 Å². The van der Waals surface area contributed by atoms with Crippen LogP contribution in [0.3, 0.4) is 0 Å². The molecular weight excluding hydrogens is 306 g/mol. The highest BCUT2D eigenvalue weighted by Crippen LogP contribution is 2.20. The summed E-state index contributed by atoms with van der Waals surface area (Å²) < 4.78 is 10.8. The van der Waals surface area contributed by atoms with Crippen molar-refractivity contribution in [3.05, 3.63) is 48.3 Å². The summed E-state index contributed by atoms with van der Waals surface area (Å²) in [5.74, 6) is 1.52. The molecule has 0 unspecified atom stereocenters. The first kappa shape index (κ1) is 16.1. The Labute approximate surface area is 141 Å². The van der Waals surface area contributed by atoms with Crippen LogP contribution in [0.1, 0.15) is 23.2 Å². The number of nitrogens with one attached hydrogen (secondary N) is 2. The lowest BCUT2D eigenvalue weighted by Crippen LogP contribution is -2.25. The first-order valence-corrected chi connectivity index (χ1v) is 8.01. The molecule has 1 fully saturated rings. The molecule has 24 heavy (non-hydrogen) atoms. The van der Waals surface area contributed by atoms with Crippen LogP contribution in [0.25, 0.3) is 0 Å². The SMILES string of the molecule is COc1ccc(OCCNc2cncc(C(=O)NC3CC3)c2)cc1. The molecule has 1 heterocycles. The molecule has 2 N–H and O–H groups in total. The van der Waals surface area contributed by atoms with Gasteiger partial charge in [0.15, 0.2) is 0 Å². The van der Waals surface area contributed by atoms with Crippen LogP contribution in [-0.2, 0) is 0 Å². The molecule has 6 nitrogen and oxygen atoms in total. The molecule has 0 spiro atoms. The zero-order chi connectivity index (χ0) is 16.8. The average molecular weight is 327 g/mol. The van der Waals surface area contributed by atoms with Crippen LogP contribution in [0.4, 0.5) is 5.69 Å². The van der Waals surface area contributed by atoms with Crippen LogP contribution in [0, 0.1) is 0 Å². The third kappa shape index (κ3) is 4.62. The van der Waals surface area contributed by atoms with Crippen molar-refractivity contribution in [2.45, 2.75) is 18.9 Å². The van der Waals surface area contributed by atoms with Crippen molar-refractivity contribution in [3.63, 3.8) is 0 Å². The molecule has 1 saturated carbocycles. The number of rotatable bonds is 8. The Morgan fingerprint density at radius 2 is 1.96 bits per heavy atom. The zero-order valence-corrected chi connectivity index (χ0v) is 13.6. The van der Waals surface area contributed by atoms with Crippen molar-refractivity contribution in [3.8, 4) is 11.5 Å². The molecule has 1 amide bonds. The van der Waals surface area contributed by atoms with E-state index in [0.717, 1.165) is 30.0 Å². The molecule has 0 radical (unpaired) electrons. The van der Waals surface area contributed by atoms with Gasteiger partial charge in [-0.05, 0) is 43.2 Å². The molecule has 0 atom stereocenters. The first-order valence-electron chi connectivity index (χ1n) is 8.01. The van der Waals surface area contributed by atoms with Crippen LogP contribution in [-0.4, -0.2) is 37.2 Å². The predicted octanol–water partition coefficient (Wildman–Crippen LogP) is 2.47. The number of aromatic nitrogens is 1. The minimum atomic E-state index is -0.0665. The van der Waals surface area contributed by atoms with Gasteiger partial charge in [0.05, 0.1) is 18.4 Å². The van der Waals surface area contributed by atoms with Gasteiger partial charge in [-0.3, -0.25) is 9.78 Å². The van der Waals surface area contributed by atoms with Crippen LogP contribution in [0.15, 0.2) is 42.7 Å². The van der Waals surface area contributed by atoms with Gasteiger partial charge in [-0.15, -0.1) is 0 Å². The maximum absolute atomic E-state index is 12.0. The number of hydrogen-bond donors (Lipinski definition) is 2. The summed E-state index contributed by atoms with van der Waals surface area (Å²) in [6, 6.07) is 9.58. The second-order valence-corrected chi connectivity index (χ2v) is 5.66. The van der Waals surface area contributed by atoms with Gasteiger partial charge in [0, 0.05) is 25.0 Å². The predicted molar refractivity (Wildman–Crippen MR) is 91.7 cm³/mol. The van der Waals surface area contributed by atoms with Crippen molar-refractivity contribution in [1.82, 2.24) is 10.3 Å². The van der Waals surface area contributed by atoms with E-state index in [-0.39, 0.29) is 5.91 Å². The van der Waals surface area contributed by atoms with Gasteiger partial charge in [0.25, 0.3) is 5.91 Å². The third-order valence-electron chi connectivity index (χ3n) is 3.67. The largest absolute Gasteiger partial charge is 0.497 e. The summed E-state index contributed by atoms with van der Waals surface area (Å²) >= 11 is 0. The molecule has 0 bridgehead atoms. The fraction of sp³-hybridized carbons (Fsp3) is 0.333. The lowest BCUT2D eigenvalue weighted by Gasteiger charge is -2.10. The molecule has 1 aliphatic carbocycles. The number of anilines is 1. The highest BCUT2D eigenvalue weighted by molar-refractivity contribution is 5.95. The average Bonchev–Trinajstić information content (AvgIpc) is 3.43. The molecule has 3 rings (SSSR count). The monoisotopic (exact) mass is 327 g/mol. The van der Waals surface area contributed by atoms with Crippen molar-refractivity contribution < 1.29 is 14.3 Å². The Bertz CT molecular complexity index is 684. The second kappa shape index (κ2) is 7.68. The molecule has 6 heteroatoms. The number of benzene rings is 1. The molecular formula is C18H21N3O3. The van der Waals surface area contributed by atoms with E-state index in [1.165, 1.54) is 0 Å². The Morgan fingerprint density at radius 3 is 2.67 bits per heavy atom. The molecule has 126 valence electrons. The number of amides is 1. The van der Waals surface area contributed by atoms with Crippen molar-refractivity contribution in [2.75, 3.05) is 25.6 Å². The highest BCUT2D eigenvalue weighted by atomic mass is 16.5. The fourth-order valence-electron chi connectivity index (χ4n) is 2.19. The molecule has 1 aliphatic rings. The Hall–Kier alpha value is -2.76. The lowest BCUT2D eigenvalue weighted by molar-refractivity contribution is 0.0950. The molecule has 2 aromatic rings. The van der Waals surface area contributed by atoms with Crippen molar-refractivity contribution >= 4 is 11.6 Å². The topological polar surface area (TPSA) is 72.5 Å². The van der Waals surface area contributed by atoms with Crippen LogP contribution >= 0.6 is 0 Å². The number of carbonyl (C=O) groups excluding carboxylic acids is 1. The number of nitrogens with zero attached hydrogens (tertiary/aromatic N) is 1.